The molecule has 0 fully saturated rings. The van der Waals surface area contributed by atoms with Crippen LogP contribution in [0.1, 0.15) is 11.1 Å². The van der Waals surface area contributed by atoms with Crippen molar-refractivity contribution >= 4 is 83.8 Å². The molecule has 0 radical (unpaired) electrons. The Morgan fingerprint density at radius 2 is 0.704 bits per heavy atom. The molecule has 0 saturated heterocycles. The summed E-state index contributed by atoms with van der Waals surface area (Å²) in [5, 5.41) is 5.11. The van der Waals surface area contributed by atoms with Gasteiger partial charge in [-0.3, -0.25) is 0 Å². The summed E-state index contributed by atoms with van der Waals surface area (Å²) in [6.07, 6.45) is 0. The summed E-state index contributed by atoms with van der Waals surface area (Å²) in [6.45, 7) is 4.69. The first-order chi connectivity index (χ1) is 26.7. The van der Waals surface area contributed by atoms with Crippen LogP contribution in [0.5, 0.6) is 0 Å². The van der Waals surface area contributed by atoms with E-state index >= 15 is 0 Å². The lowest BCUT2D eigenvalue weighted by molar-refractivity contribution is 1.16. The highest BCUT2D eigenvalue weighted by atomic mass is 15.2. The lowest BCUT2D eigenvalue weighted by atomic mass is 9.34. The van der Waals surface area contributed by atoms with E-state index in [2.05, 4.69) is 210 Å². The molecule has 0 saturated carbocycles. The van der Waals surface area contributed by atoms with Gasteiger partial charge in [0.25, 0.3) is 0 Å². The summed E-state index contributed by atoms with van der Waals surface area (Å²) >= 11 is 0. The first kappa shape index (κ1) is 30.8. The highest BCUT2D eigenvalue weighted by molar-refractivity contribution is 6.98. The van der Waals surface area contributed by atoms with Gasteiger partial charge in [-0.25, -0.2) is 0 Å². The minimum Gasteiger partial charge on any atom is -0.312 e. The predicted molar refractivity (Wildman–Crippen MR) is 230 cm³/mol. The standard InChI is InChI=1S/C50H36BN3/c1-33-31-37(54-46-23-11-5-17-40(46)41-18-6-12-24-47(41)54)32-34(2)50(33)51-42-19-7-13-25-48(42)53(49-26-14-8-20-43(49)51)36-29-27-35(28-30-36)52-44-21-9-3-15-38(44)39-16-4-10-22-45(39)52/h3-32H,1-2H3. The maximum Gasteiger partial charge on any atom is 0.247 e. The Bertz CT molecular complexity index is 2920. The van der Waals surface area contributed by atoms with Crippen molar-refractivity contribution in [2.24, 2.45) is 0 Å². The molecule has 3 heterocycles. The Morgan fingerprint density at radius 1 is 0.352 bits per heavy atom. The second kappa shape index (κ2) is 11.9. The van der Waals surface area contributed by atoms with Gasteiger partial charge in [0.15, 0.2) is 0 Å². The van der Waals surface area contributed by atoms with Crippen LogP contribution in [0.25, 0.3) is 55.0 Å². The topological polar surface area (TPSA) is 13.1 Å². The minimum absolute atomic E-state index is 0.0951. The number of benzene rings is 8. The molecule has 0 amide bonds. The average molecular weight is 690 g/mol. The number of nitrogens with zero attached hydrogens (tertiary/aromatic N) is 3. The van der Waals surface area contributed by atoms with E-state index in [-0.39, 0.29) is 6.71 Å². The molecule has 3 nitrogen and oxygen atoms in total. The van der Waals surface area contributed by atoms with E-state index in [1.165, 1.54) is 88.2 Å². The summed E-state index contributed by atoms with van der Waals surface area (Å²) in [4.78, 5) is 2.45. The quantitative estimate of drug-likeness (QED) is 0.168. The Balaban J connectivity index is 1.04. The maximum absolute atomic E-state index is 2.45. The summed E-state index contributed by atoms with van der Waals surface area (Å²) in [7, 11) is 0. The number of hydrogen-bond acceptors (Lipinski definition) is 1. The fourth-order valence-corrected chi connectivity index (χ4v) is 9.45. The van der Waals surface area contributed by atoms with Crippen molar-refractivity contribution in [2.75, 3.05) is 4.90 Å². The number of para-hydroxylation sites is 6. The molecular weight excluding hydrogens is 653 g/mol. The molecule has 0 bridgehead atoms. The van der Waals surface area contributed by atoms with Gasteiger partial charge in [-0.2, -0.15) is 0 Å². The van der Waals surface area contributed by atoms with Crippen LogP contribution >= 0.6 is 0 Å². The van der Waals surface area contributed by atoms with Gasteiger partial charge >= 0.3 is 0 Å². The van der Waals surface area contributed by atoms with Crippen molar-refractivity contribution in [3.8, 4) is 11.4 Å². The normalized spacial score (nSPS) is 12.6. The second-order valence-electron chi connectivity index (χ2n) is 14.6. The van der Waals surface area contributed by atoms with Crippen molar-refractivity contribution in [3.05, 3.63) is 193 Å². The highest BCUT2D eigenvalue weighted by Gasteiger charge is 2.36. The van der Waals surface area contributed by atoms with E-state index in [9.17, 15) is 0 Å². The molecule has 0 atom stereocenters. The van der Waals surface area contributed by atoms with Gasteiger partial charge in [0.1, 0.15) is 0 Å². The zero-order chi connectivity index (χ0) is 35.9. The zero-order valence-corrected chi connectivity index (χ0v) is 30.2. The molecule has 2 aromatic heterocycles. The van der Waals surface area contributed by atoms with Gasteiger partial charge in [-0.05, 0) is 97.6 Å². The largest absolute Gasteiger partial charge is 0.312 e. The minimum atomic E-state index is 0.0951. The number of rotatable bonds is 4. The number of aromatic nitrogens is 2. The molecule has 0 N–H and O–H groups in total. The molecule has 11 rings (SSSR count). The summed E-state index contributed by atoms with van der Waals surface area (Å²) in [6, 6.07) is 66.8. The second-order valence-corrected chi connectivity index (χ2v) is 14.6. The monoisotopic (exact) mass is 689 g/mol. The lowest BCUT2D eigenvalue weighted by Crippen LogP contribution is -2.58. The lowest BCUT2D eigenvalue weighted by Gasteiger charge is -2.37. The number of fused-ring (bicyclic) bond motifs is 8. The van der Waals surface area contributed by atoms with Crippen LogP contribution in [-0.4, -0.2) is 15.8 Å². The van der Waals surface area contributed by atoms with Crippen molar-refractivity contribution < 1.29 is 0 Å². The molecule has 54 heavy (non-hydrogen) atoms. The average Bonchev–Trinajstić information content (AvgIpc) is 3.74. The van der Waals surface area contributed by atoms with E-state index in [1.54, 1.807) is 0 Å². The van der Waals surface area contributed by atoms with Crippen molar-refractivity contribution in [1.82, 2.24) is 9.13 Å². The highest BCUT2D eigenvalue weighted by Crippen LogP contribution is 2.38. The molecule has 1 aliphatic heterocycles. The fourth-order valence-electron chi connectivity index (χ4n) is 9.45. The molecule has 4 heteroatoms. The van der Waals surface area contributed by atoms with Crippen LogP contribution in [0.2, 0.25) is 0 Å². The predicted octanol–water partition coefficient (Wildman–Crippen LogP) is 10.8. The third-order valence-corrected chi connectivity index (χ3v) is 11.6. The summed E-state index contributed by atoms with van der Waals surface area (Å²) in [5.74, 6) is 0. The SMILES string of the molecule is Cc1cc(-n2c3ccccc3c3ccccc32)cc(C)c1B1c2ccccc2N(c2ccc(-n3c4ccccc4c4ccccc43)cc2)c2ccccc21. The van der Waals surface area contributed by atoms with E-state index in [1.807, 2.05) is 0 Å². The summed E-state index contributed by atoms with van der Waals surface area (Å²) in [5.41, 5.74) is 17.5. The van der Waals surface area contributed by atoms with Crippen LogP contribution in [0.4, 0.5) is 17.1 Å². The maximum atomic E-state index is 2.45. The Morgan fingerprint density at radius 3 is 1.15 bits per heavy atom. The van der Waals surface area contributed by atoms with Gasteiger partial charge in [0, 0.05) is 50.0 Å². The Hall–Kier alpha value is -6.78. The van der Waals surface area contributed by atoms with E-state index in [0.717, 1.165) is 11.4 Å². The fraction of sp³-hybridized carbons (Fsp3) is 0.0400. The first-order valence-electron chi connectivity index (χ1n) is 18.8. The molecule has 0 unspecified atom stereocenters. The van der Waals surface area contributed by atoms with E-state index < -0.39 is 0 Å². The van der Waals surface area contributed by atoms with Crippen molar-refractivity contribution in [2.45, 2.75) is 13.8 Å². The van der Waals surface area contributed by atoms with Crippen molar-refractivity contribution in [3.63, 3.8) is 0 Å². The molecule has 0 aliphatic carbocycles. The van der Waals surface area contributed by atoms with E-state index in [4.69, 9.17) is 0 Å². The van der Waals surface area contributed by atoms with Crippen LogP contribution in [0, 0.1) is 13.8 Å². The van der Waals surface area contributed by atoms with Crippen LogP contribution in [0.3, 0.4) is 0 Å². The van der Waals surface area contributed by atoms with Crippen LogP contribution in [-0.2, 0) is 0 Å². The van der Waals surface area contributed by atoms with Gasteiger partial charge in [0.05, 0.1) is 22.1 Å². The van der Waals surface area contributed by atoms with Gasteiger partial charge in [-0.1, -0.05) is 126 Å². The number of hydrogen-bond donors (Lipinski definition) is 0. The molecule has 1 aliphatic rings. The van der Waals surface area contributed by atoms with Gasteiger partial charge in [0.2, 0.25) is 6.71 Å². The molecule has 0 spiro atoms. The first-order valence-corrected chi connectivity index (χ1v) is 18.8. The van der Waals surface area contributed by atoms with Gasteiger partial charge < -0.3 is 14.0 Å². The summed E-state index contributed by atoms with van der Waals surface area (Å²) < 4.78 is 4.82. The molecule has 8 aromatic carbocycles. The Labute approximate surface area is 315 Å². The third-order valence-electron chi connectivity index (χ3n) is 11.6. The van der Waals surface area contributed by atoms with Crippen molar-refractivity contribution in [1.29, 1.82) is 0 Å². The number of aryl methyl sites for hydroxylation is 2. The van der Waals surface area contributed by atoms with Gasteiger partial charge in [-0.15, -0.1) is 0 Å². The van der Waals surface area contributed by atoms with Crippen LogP contribution in [0.15, 0.2) is 182 Å². The molecular formula is C50H36BN3. The van der Waals surface area contributed by atoms with Crippen LogP contribution < -0.4 is 21.3 Å². The Kier molecular flexibility index (Phi) is 6.78. The zero-order valence-electron chi connectivity index (χ0n) is 30.2. The molecule has 10 aromatic rings. The third kappa shape index (κ3) is 4.43. The number of anilines is 3. The molecule has 254 valence electrons. The smallest absolute Gasteiger partial charge is 0.247 e. The van der Waals surface area contributed by atoms with E-state index in [0.29, 0.717) is 0 Å².